The van der Waals surface area contributed by atoms with Gasteiger partial charge in [-0.1, -0.05) is 48.5 Å². The zero-order valence-corrected chi connectivity index (χ0v) is 12.4. The van der Waals surface area contributed by atoms with Crippen LogP contribution >= 0.6 is 0 Å². The first kappa shape index (κ1) is 14.1. The van der Waals surface area contributed by atoms with Gasteiger partial charge in [0.05, 0.1) is 0 Å². The first-order chi connectivity index (χ1) is 10.7. The van der Waals surface area contributed by atoms with Crippen molar-refractivity contribution in [1.29, 1.82) is 0 Å². The Morgan fingerprint density at radius 2 is 1.82 bits per heavy atom. The van der Waals surface area contributed by atoms with Crippen molar-refractivity contribution in [1.82, 2.24) is 4.90 Å². The number of fused-ring (bicyclic) bond motifs is 1. The van der Waals surface area contributed by atoms with Crippen LogP contribution in [0.4, 0.5) is 0 Å². The van der Waals surface area contributed by atoms with Crippen LogP contribution in [-0.4, -0.2) is 17.9 Å². The summed E-state index contributed by atoms with van der Waals surface area (Å²) < 4.78 is 5.66. The molecule has 0 radical (unpaired) electrons. The normalized spacial score (nSPS) is 11.1. The number of nitrogens with zero attached hydrogens (tertiary/aromatic N) is 1. The first-order valence-corrected chi connectivity index (χ1v) is 7.18. The van der Waals surface area contributed by atoms with Gasteiger partial charge < -0.3 is 9.32 Å². The van der Waals surface area contributed by atoms with E-state index in [0.717, 1.165) is 16.5 Å². The molecule has 0 aliphatic carbocycles. The van der Waals surface area contributed by atoms with Crippen molar-refractivity contribution in [3.63, 3.8) is 0 Å². The number of amides is 1. The molecule has 0 spiro atoms. The van der Waals surface area contributed by atoms with Gasteiger partial charge in [-0.15, -0.1) is 0 Å². The van der Waals surface area contributed by atoms with E-state index in [1.807, 2.05) is 60.7 Å². The molecule has 0 fully saturated rings. The van der Waals surface area contributed by atoms with E-state index in [4.69, 9.17) is 4.42 Å². The van der Waals surface area contributed by atoms with Crippen molar-refractivity contribution in [3.8, 4) is 0 Å². The second-order valence-electron chi connectivity index (χ2n) is 5.20. The fraction of sp³-hybridized carbons (Fsp3) is 0.105. The quantitative estimate of drug-likeness (QED) is 0.678. The lowest BCUT2D eigenvalue weighted by Gasteiger charge is -2.14. The maximum absolute atomic E-state index is 12.1. The Hall–Kier alpha value is -2.81. The van der Waals surface area contributed by atoms with E-state index < -0.39 is 0 Å². The van der Waals surface area contributed by atoms with Crippen LogP contribution in [0.2, 0.25) is 0 Å². The molecule has 0 atom stereocenters. The summed E-state index contributed by atoms with van der Waals surface area (Å²) in [5, 5.41) is 1.03. The minimum Gasteiger partial charge on any atom is -0.457 e. The molecular formula is C19H17NO2. The van der Waals surface area contributed by atoms with E-state index in [1.54, 1.807) is 24.1 Å². The van der Waals surface area contributed by atoms with Crippen molar-refractivity contribution < 1.29 is 9.21 Å². The summed E-state index contributed by atoms with van der Waals surface area (Å²) in [6.45, 7) is 0.587. The molecule has 22 heavy (non-hydrogen) atoms. The highest BCUT2D eigenvalue weighted by molar-refractivity contribution is 5.92. The van der Waals surface area contributed by atoms with Gasteiger partial charge in [0.1, 0.15) is 11.3 Å². The lowest BCUT2D eigenvalue weighted by atomic mass is 10.2. The molecule has 0 unspecified atom stereocenters. The molecule has 3 heteroatoms. The summed E-state index contributed by atoms with van der Waals surface area (Å²) in [5.74, 6) is 0.631. The number of carbonyl (C=O) groups is 1. The zero-order chi connectivity index (χ0) is 15.4. The Morgan fingerprint density at radius 3 is 2.59 bits per heavy atom. The third-order valence-corrected chi connectivity index (χ3v) is 3.47. The zero-order valence-electron chi connectivity index (χ0n) is 12.4. The van der Waals surface area contributed by atoms with Crippen LogP contribution in [0.15, 0.2) is 71.2 Å². The van der Waals surface area contributed by atoms with Gasteiger partial charge in [-0.05, 0) is 23.8 Å². The van der Waals surface area contributed by atoms with Crippen LogP contribution < -0.4 is 0 Å². The topological polar surface area (TPSA) is 33.5 Å². The van der Waals surface area contributed by atoms with E-state index in [-0.39, 0.29) is 5.91 Å². The Bertz CT molecular complexity index is 769. The Balaban J connectivity index is 1.67. The van der Waals surface area contributed by atoms with Gasteiger partial charge in [0.15, 0.2) is 0 Å². The molecule has 3 nitrogen and oxygen atoms in total. The second kappa shape index (κ2) is 6.31. The molecule has 110 valence electrons. The summed E-state index contributed by atoms with van der Waals surface area (Å²) >= 11 is 0. The van der Waals surface area contributed by atoms with Gasteiger partial charge in [-0.2, -0.15) is 0 Å². The van der Waals surface area contributed by atoms with Crippen LogP contribution in [0.5, 0.6) is 0 Å². The molecule has 0 bridgehead atoms. The molecule has 3 aromatic rings. The van der Waals surface area contributed by atoms with E-state index in [1.165, 1.54) is 0 Å². The molecule has 0 N–H and O–H groups in total. The highest BCUT2D eigenvalue weighted by Crippen LogP contribution is 2.19. The Labute approximate surface area is 129 Å². The predicted octanol–water partition coefficient (Wildman–Crippen LogP) is 4.10. The van der Waals surface area contributed by atoms with E-state index in [0.29, 0.717) is 12.3 Å². The third kappa shape index (κ3) is 3.26. The molecular weight excluding hydrogens is 274 g/mol. The molecule has 0 saturated carbocycles. The molecule has 3 rings (SSSR count). The van der Waals surface area contributed by atoms with Gasteiger partial charge in [0, 0.05) is 25.1 Å². The smallest absolute Gasteiger partial charge is 0.246 e. The van der Waals surface area contributed by atoms with Gasteiger partial charge in [-0.25, -0.2) is 0 Å². The molecule has 1 aromatic heterocycles. The second-order valence-corrected chi connectivity index (χ2v) is 5.20. The molecule has 1 amide bonds. The average molecular weight is 291 g/mol. The standard InChI is InChI=1S/C19H17NO2/c1-20(14-15-7-3-2-4-8-15)19(21)12-11-17-13-16-9-5-6-10-18(16)22-17/h2-13H,14H2,1H3/b12-11+. The number of rotatable bonds is 4. The average Bonchev–Trinajstić information content (AvgIpc) is 2.96. The van der Waals surface area contributed by atoms with Crippen molar-refractivity contribution in [2.45, 2.75) is 6.54 Å². The SMILES string of the molecule is CN(Cc1ccccc1)C(=O)/C=C/c1cc2ccccc2o1. The summed E-state index contributed by atoms with van der Waals surface area (Å²) in [6, 6.07) is 19.6. The molecule has 0 saturated heterocycles. The summed E-state index contributed by atoms with van der Waals surface area (Å²) in [6.07, 6.45) is 3.25. The number of carbonyl (C=O) groups excluding carboxylic acids is 1. The maximum Gasteiger partial charge on any atom is 0.246 e. The first-order valence-electron chi connectivity index (χ1n) is 7.18. The number of hydrogen-bond acceptors (Lipinski definition) is 2. The Morgan fingerprint density at radius 1 is 1.09 bits per heavy atom. The van der Waals surface area contributed by atoms with Crippen LogP contribution in [0, 0.1) is 0 Å². The third-order valence-electron chi connectivity index (χ3n) is 3.47. The van der Waals surface area contributed by atoms with Crippen LogP contribution in [-0.2, 0) is 11.3 Å². The van der Waals surface area contributed by atoms with E-state index in [9.17, 15) is 4.79 Å². The van der Waals surface area contributed by atoms with Crippen molar-refractivity contribution in [3.05, 3.63) is 78.1 Å². The van der Waals surface area contributed by atoms with Crippen LogP contribution in [0.1, 0.15) is 11.3 Å². The fourth-order valence-corrected chi connectivity index (χ4v) is 2.30. The van der Waals surface area contributed by atoms with E-state index in [2.05, 4.69) is 0 Å². The van der Waals surface area contributed by atoms with Crippen molar-refractivity contribution in [2.24, 2.45) is 0 Å². The lowest BCUT2D eigenvalue weighted by Crippen LogP contribution is -2.23. The largest absolute Gasteiger partial charge is 0.457 e. The number of hydrogen-bond donors (Lipinski definition) is 0. The summed E-state index contributed by atoms with van der Waals surface area (Å²) in [7, 11) is 1.79. The highest BCUT2D eigenvalue weighted by atomic mass is 16.3. The molecule has 0 aliphatic rings. The summed E-state index contributed by atoms with van der Waals surface area (Å²) in [5.41, 5.74) is 1.93. The van der Waals surface area contributed by atoms with E-state index >= 15 is 0 Å². The summed E-state index contributed by atoms with van der Waals surface area (Å²) in [4.78, 5) is 13.8. The highest BCUT2D eigenvalue weighted by Gasteiger charge is 2.06. The fourth-order valence-electron chi connectivity index (χ4n) is 2.30. The maximum atomic E-state index is 12.1. The van der Waals surface area contributed by atoms with Crippen molar-refractivity contribution >= 4 is 23.0 Å². The minimum atomic E-state index is -0.0516. The number of benzene rings is 2. The van der Waals surface area contributed by atoms with Crippen LogP contribution in [0.25, 0.3) is 17.0 Å². The molecule has 1 heterocycles. The Kier molecular flexibility index (Phi) is 4.05. The van der Waals surface area contributed by atoms with Gasteiger partial charge in [0.25, 0.3) is 0 Å². The number of para-hydroxylation sites is 1. The van der Waals surface area contributed by atoms with Crippen molar-refractivity contribution in [2.75, 3.05) is 7.05 Å². The minimum absolute atomic E-state index is 0.0516. The molecule has 2 aromatic carbocycles. The number of likely N-dealkylation sites (N-methyl/N-ethyl adjacent to an activating group) is 1. The number of furan rings is 1. The lowest BCUT2D eigenvalue weighted by molar-refractivity contribution is -0.125. The van der Waals surface area contributed by atoms with Crippen LogP contribution in [0.3, 0.4) is 0 Å². The van der Waals surface area contributed by atoms with Gasteiger partial charge in [-0.3, -0.25) is 4.79 Å². The predicted molar refractivity (Wildman–Crippen MR) is 88.2 cm³/mol. The van der Waals surface area contributed by atoms with Gasteiger partial charge >= 0.3 is 0 Å². The molecule has 0 aliphatic heterocycles. The monoisotopic (exact) mass is 291 g/mol. The van der Waals surface area contributed by atoms with Gasteiger partial charge in [0.2, 0.25) is 5.91 Å².